The third kappa shape index (κ3) is 6.16. The minimum Gasteiger partial charge on any atom is -0.507 e. The number of primary amides is 1. The van der Waals surface area contributed by atoms with Crippen LogP contribution >= 0.6 is 0 Å². The molecule has 0 spiro atoms. The fraction of sp³-hybridized carbons (Fsp3) is 0.606. The Bertz CT molecular complexity index is 1400. The van der Waals surface area contributed by atoms with Crippen molar-refractivity contribution in [3.63, 3.8) is 0 Å². The van der Waals surface area contributed by atoms with Gasteiger partial charge in [0.1, 0.15) is 11.5 Å². The molecule has 4 atom stereocenters. The zero-order valence-electron chi connectivity index (χ0n) is 26.7. The summed E-state index contributed by atoms with van der Waals surface area (Å²) < 4.78 is 0. The third-order valence-corrected chi connectivity index (χ3v) is 8.74. The summed E-state index contributed by atoms with van der Waals surface area (Å²) in [4.78, 5) is 41.5. The van der Waals surface area contributed by atoms with Gasteiger partial charge in [-0.1, -0.05) is 47.6 Å². The van der Waals surface area contributed by atoms with Gasteiger partial charge in [0.05, 0.1) is 11.1 Å². The van der Waals surface area contributed by atoms with Gasteiger partial charge in [0.2, 0.25) is 11.6 Å². The van der Waals surface area contributed by atoms with E-state index in [2.05, 4.69) is 52.2 Å². The number of amides is 1. The van der Waals surface area contributed by atoms with Crippen LogP contribution in [0.25, 0.3) is 5.76 Å². The standard InChI is InChI=1S/C33H48N4O6/c1-31(2,3)15-35-13-18-9-19(14-36-16-32(4,5)6)26(38)25-20(18)10-17-11-22-23(37(7)8)12-21(30(34)42)28(40)33(22,43)29(41)24(17)27(25)39/h9,12,17,22-23,35-36,38-39,43H,10-11,13-16H2,1-8H3,(H2,34,42)/t17-,22-,23?,33+/m0/s1. The maximum Gasteiger partial charge on any atom is 0.252 e. The van der Waals surface area contributed by atoms with Gasteiger partial charge in [-0.05, 0) is 60.9 Å². The van der Waals surface area contributed by atoms with Crippen LogP contribution in [0.1, 0.15) is 70.2 Å². The van der Waals surface area contributed by atoms with Crippen LogP contribution in [0.4, 0.5) is 0 Å². The van der Waals surface area contributed by atoms with E-state index in [4.69, 9.17) is 5.73 Å². The lowest BCUT2D eigenvalue weighted by Crippen LogP contribution is -2.66. The molecule has 43 heavy (non-hydrogen) atoms. The van der Waals surface area contributed by atoms with Crippen molar-refractivity contribution in [3.05, 3.63) is 45.5 Å². The number of aliphatic hydroxyl groups excluding tert-OH is 1. The molecule has 4 rings (SSSR count). The van der Waals surface area contributed by atoms with Crippen LogP contribution < -0.4 is 16.4 Å². The van der Waals surface area contributed by atoms with Crippen LogP contribution in [0.5, 0.6) is 5.75 Å². The SMILES string of the molecule is CN(C)C1C=C(C(N)=O)C(=O)[C@@]2(O)C(=O)C3=C(O)c4c(O)c(CNCC(C)(C)C)cc(CNCC(C)(C)C)c4C[C@H]3C[C@@H]12. The molecular weight excluding hydrogens is 548 g/mol. The van der Waals surface area contributed by atoms with E-state index in [0.717, 1.165) is 17.7 Å². The number of nitrogens with one attached hydrogen (secondary N) is 2. The van der Waals surface area contributed by atoms with E-state index in [0.29, 0.717) is 31.6 Å². The van der Waals surface area contributed by atoms with Gasteiger partial charge in [0.25, 0.3) is 5.91 Å². The van der Waals surface area contributed by atoms with Crippen molar-refractivity contribution < 1.29 is 29.7 Å². The molecule has 1 aromatic rings. The zero-order chi connectivity index (χ0) is 32.2. The molecule has 3 aliphatic rings. The Morgan fingerprint density at radius 2 is 1.56 bits per heavy atom. The van der Waals surface area contributed by atoms with Gasteiger partial charge in [-0.25, -0.2) is 0 Å². The Balaban J connectivity index is 1.85. The summed E-state index contributed by atoms with van der Waals surface area (Å²) >= 11 is 0. The lowest BCUT2D eigenvalue weighted by Gasteiger charge is -2.49. The fourth-order valence-corrected chi connectivity index (χ4v) is 6.71. The van der Waals surface area contributed by atoms with E-state index in [1.807, 2.05) is 6.07 Å². The molecule has 1 aromatic carbocycles. The first-order chi connectivity index (χ1) is 19.8. The summed E-state index contributed by atoms with van der Waals surface area (Å²) in [7, 11) is 3.48. The summed E-state index contributed by atoms with van der Waals surface area (Å²) in [6.07, 6.45) is 1.99. The minimum atomic E-state index is -2.57. The highest BCUT2D eigenvalue weighted by molar-refractivity contribution is 6.32. The Kier molecular flexibility index (Phi) is 8.76. The van der Waals surface area contributed by atoms with Crippen molar-refractivity contribution in [2.45, 2.75) is 79.1 Å². The van der Waals surface area contributed by atoms with Crippen molar-refractivity contribution in [1.29, 1.82) is 0 Å². The molecular formula is C33H48N4O6. The summed E-state index contributed by atoms with van der Waals surface area (Å²) in [6.45, 7) is 15.0. The summed E-state index contributed by atoms with van der Waals surface area (Å²) in [5, 5.41) is 41.9. The number of carbonyl (C=O) groups excluding carboxylic acids is 3. The molecule has 236 valence electrons. The van der Waals surface area contributed by atoms with Gasteiger partial charge in [-0.2, -0.15) is 0 Å². The molecule has 3 aliphatic carbocycles. The Morgan fingerprint density at radius 3 is 2.07 bits per heavy atom. The quantitative estimate of drug-likeness (QED) is 0.195. The predicted octanol–water partition coefficient (Wildman–Crippen LogP) is 2.35. The van der Waals surface area contributed by atoms with Gasteiger partial charge in [0.15, 0.2) is 5.60 Å². The highest BCUT2D eigenvalue weighted by Crippen LogP contribution is 2.52. The van der Waals surface area contributed by atoms with Crippen LogP contribution in [0, 0.1) is 22.7 Å². The molecule has 0 bridgehead atoms. The van der Waals surface area contributed by atoms with E-state index in [-0.39, 0.29) is 34.1 Å². The first kappa shape index (κ1) is 32.9. The number of hydrogen-bond acceptors (Lipinski definition) is 9. The molecule has 0 aromatic heterocycles. The average Bonchev–Trinajstić information content (AvgIpc) is 2.86. The van der Waals surface area contributed by atoms with Crippen molar-refractivity contribution in [1.82, 2.24) is 15.5 Å². The number of fused-ring (bicyclic) bond motifs is 3. The number of carbonyl (C=O) groups is 3. The molecule has 10 nitrogen and oxygen atoms in total. The van der Waals surface area contributed by atoms with Crippen LogP contribution in [0.15, 0.2) is 23.3 Å². The first-order valence-electron chi connectivity index (χ1n) is 15.0. The number of ketones is 2. The first-order valence-corrected chi connectivity index (χ1v) is 15.0. The van der Waals surface area contributed by atoms with E-state index >= 15 is 0 Å². The number of hydrogen-bond donors (Lipinski definition) is 6. The number of aliphatic hydroxyl groups is 2. The number of Topliss-reactive ketones (excluding diaryl/α,β-unsaturated/α-hetero) is 2. The molecule has 0 heterocycles. The third-order valence-electron chi connectivity index (χ3n) is 8.74. The van der Waals surface area contributed by atoms with Crippen molar-refractivity contribution >= 4 is 23.2 Å². The highest BCUT2D eigenvalue weighted by Gasteiger charge is 2.63. The summed E-state index contributed by atoms with van der Waals surface area (Å²) in [5.41, 5.74) is 4.81. The van der Waals surface area contributed by atoms with Gasteiger partial charge >= 0.3 is 0 Å². The number of likely N-dealkylation sites (N-methyl/N-ethyl adjacent to an activating group) is 1. The largest absolute Gasteiger partial charge is 0.507 e. The highest BCUT2D eigenvalue weighted by atomic mass is 16.3. The Hall–Kier alpha value is -3.05. The number of benzene rings is 1. The van der Waals surface area contributed by atoms with E-state index in [1.54, 1.807) is 19.0 Å². The van der Waals surface area contributed by atoms with Crippen LogP contribution in [0.3, 0.4) is 0 Å². The monoisotopic (exact) mass is 596 g/mol. The van der Waals surface area contributed by atoms with Gasteiger partial charge in [-0.15, -0.1) is 0 Å². The molecule has 1 unspecified atom stereocenters. The molecule has 0 saturated heterocycles. The number of aromatic hydroxyl groups is 1. The smallest absolute Gasteiger partial charge is 0.252 e. The molecule has 1 fully saturated rings. The molecule has 10 heteroatoms. The summed E-state index contributed by atoms with van der Waals surface area (Å²) in [6, 6.07) is 1.34. The molecule has 0 radical (unpaired) electrons. The van der Waals surface area contributed by atoms with Gasteiger partial charge < -0.3 is 36.6 Å². The van der Waals surface area contributed by atoms with E-state index in [1.165, 1.54) is 6.08 Å². The molecule has 7 N–H and O–H groups in total. The Labute approximate surface area is 254 Å². The second-order valence-corrected chi connectivity index (χ2v) is 15.1. The van der Waals surface area contributed by atoms with Crippen molar-refractivity contribution in [3.8, 4) is 5.75 Å². The molecule has 1 saturated carbocycles. The molecule has 0 aliphatic heterocycles. The second kappa shape index (κ2) is 11.5. The Morgan fingerprint density at radius 1 is 1.00 bits per heavy atom. The summed E-state index contributed by atoms with van der Waals surface area (Å²) in [5.74, 6) is -4.94. The minimum absolute atomic E-state index is 0.00786. The average molecular weight is 597 g/mol. The van der Waals surface area contributed by atoms with Crippen LogP contribution in [-0.2, 0) is 33.9 Å². The topological polar surface area (TPSA) is 165 Å². The van der Waals surface area contributed by atoms with Gasteiger partial charge in [0, 0.05) is 49.3 Å². The normalized spacial score (nSPS) is 25.8. The second-order valence-electron chi connectivity index (χ2n) is 15.1. The van der Waals surface area contributed by atoms with E-state index in [9.17, 15) is 29.7 Å². The molecule has 1 amide bonds. The van der Waals surface area contributed by atoms with Crippen LogP contribution in [-0.4, -0.2) is 76.5 Å². The maximum absolute atomic E-state index is 14.1. The van der Waals surface area contributed by atoms with Crippen molar-refractivity contribution in [2.75, 3.05) is 27.2 Å². The number of rotatable bonds is 8. The number of phenolic OH excluding ortho intramolecular Hbond substituents is 1. The maximum atomic E-state index is 14.1. The van der Waals surface area contributed by atoms with E-state index < -0.39 is 52.3 Å². The lowest BCUT2D eigenvalue weighted by atomic mass is 9.57. The van der Waals surface area contributed by atoms with Crippen LogP contribution in [0.2, 0.25) is 0 Å². The predicted molar refractivity (Wildman–Crippen MR) is 165 cm³/mol. The van der Waals surface area contributed by atoms with Gasteiger partial charge in [-0.3, -0.25) is 14.4 Å². The van der Waals surface area contributed by atoms with Crippen molar-refractivity contribution in [2.24, 2.45) is 28.4 Å². The number of nitrogens with zero attached hydrogens (tertiary/aromatic N) is 1. The zero-order valence-corrected chi connectivity index (χ0v) is 26.7. The number of phenols is 1. The number of nitrogens with two attached hydrogens (primary N) is 1. The lowest BCUT2D eigenvalue weighted by molar-refractivity contribution is -0.160. The fourth-order valence-electron chi connectivity index (χ4n) is 6.71.